The third kappa shape index (κ3) is 3.31. The van der Waals surface area contributed by atoms with Crippen molar-refractivity contribution < 1.29 is 4.79 Å². The fraction of sp³-hybridized carbons (Fsp3) is 0.375. The van der Waals surface area contributed by atoms with Gasteiger partial charge in [0.05, 0.1) is 18.2 Å². The number of carbonyl (C=O) groups excluding carboxylic acids is 1. The van der Waals surface area contributed by atoms with Crippen LogP contribution in [-0.2, 0) is 4.79 Å². The molecule has 110 valence electrons. The molecule has 0 spiro atoms. The quantitative estimate of drug-likeness (QED) is 0.809. The number of nitrogens with zero attached hydrogens (tertiary/aromatic N) is 1. The van der Waals surface area contributed by atoms with E-state index >= 15 is 0 Å². The summed E-state index contributed by atoms with van der Waals surface area (Å²) in [7, 11) is 0. The number of benzene rings is 1. The van der Waals surface area contributed by atoms with E-state index in [2.05, 4.69) is 15.3 Å². The molecule has 2 atom stereocenters. The summed E-state index contributed by atoms with van der Waals surface area (Å²) in [5.41, 5.74) is 8.77. The third-order valence-corrected chi connectivity index (χ3v) is 4.05. The highest BCUT2D eigenvalue weighted by Gasteiger charge is 2.25. The van der Waals surface area contributed by atoms with Gasteiger partial charge in [0.2, 0.25) is 5.91 Å². The molecule has 0 radical (unpaired) electrons. The Morgan fingerprint density at radius 1 is 1.29 bits per heavy atom. The lowest BCUT2D eigenvalue weighted by atomic mass is 9.85. The molecule has 1 aliphatic carbocycles. The van der Waals surface area contributed by atoms with E-state index in [1.807, 2.05) is 24.3 Å². The maximum absolute atomic E-state index is 12.2. The van der Waals surface area contributed by atoms with E-state index in [1.165, 1.54) is 0 Å². The molecule has 5 nitrogen and oxygen atoms in total. The van der Waals surface area contributed by atoms with E-state index in [0.29, 0.717) is 0 Å². The summed E-state index contributed by atoms with van der Waals surface area (Å²) < 4.78 is 0. The van der Waals surface area contributed by atoms with Crippen LogP contribution in [0, 0.1) is 5.92 Å². The number of anilines is 1. The van der Waals surface area contributed by atoms with Crippen LogP contribution in [0.3, 0.4) is 0 Å². The van der Waals surface area contributed by atoms with Gasteiger partial charge < -0.3 is 16.0 Å². The molecule has 0 aliphatic heterocycles. The van der Waals surface area contributed by atoms with Gasteiger partial charge in [0, 0.05) is 17.6 Å². The van der Waals surface area contributed by atoms with Crippen LogP contribution in [0.2, 0.25) is 0 Å². The Kier molecular flexibility index (Phi) is 4.01. The second-order valence-electron chi connectivity index (χ2n) is 5.66. The fourth-order valence-electron chi connectivity index (χ4n) is 2.86. The van der Waals surface area contributed by atoms with Crippen LogP contribution < -0.4 is 11.1 Å². The number of hydrogen-bond donors (Lipinski definition) is 3. The van der Waals surface area contributed by atoms with E-state index < -0.39 is 0 Å². The van der Waals surface area contributed by atoms with Gasteiger partial charge in [-0.2, -0.15) is 0 Å². The van der Waals surface area contributed by atoms with Crippen molar-refractivity contribution in [3.05, 3.63) is 36.8 Å². The number of rotatable bonds is 3. The summed E-state index contributed by atoms with van der Waals surface area (Å²) in [5.74, 6) is 0.125. The van der Waals surface area contributed by atoms with Crippen molar-refractivity contribution in [1.82, 2.24) is 9.97 Å². The highest BCUT2D eigenvalue weighted by molar-refractivity contribution is 5.92. The first kappa shape index (κ1) is 13.8. The smallest absolute Gasteiger partial charge is 0.227 e. The molecule has 0 bridgehead atoms. The van der Waals surface area contributed by atoms with Crippen LogP contribution in [0.25, 0.3) is 11.3 Å². The van der Waals surface area contributed by atoms with Gasteiger partial charge in [0.25, 0.3) is 0 Å². The van der Waals surface area contributed by atoms with Crippen LogP contribution in [0.15, 0.2) is 36.8 Å². The molecule has 1 aromatic heterocycles. The number of aromatic nitrogens is 2. The molecule has 1 fully saturated rings. The second kappa shape index (κ2) is 6.10. The highest BCUT2D eigenvalue weighted by atomic mass is 16.1. The Morgan fingerprint density at radius 2 is 2.10 bits per heavy atom. The molecule has 0 saturated heterocycles. The van der Waals surface area contributed by atoms with E-state index in [0.717, 1.165) is 42.6 Å². The average Bonchev–Trinajstić information content (AvgIpc) is 3.02. The predicted octanol–water partition coefficient (Wildman–Crippen LogP) is 2.53. The minimum Gasteiger partial charge on any atom is -0.345 e. The minimum absolute atomic E-state index is 0.0426. The Labute approximate surface area is 124 Å². The minimum atomic E-state index is 0.0426. The van der Waals surface area contributed by atoms with Gasteiger partial charge in [-0.25, -0.2) is 4.98 Å². The number of imidazole rings is 1. The van der Waals surface area contributed by atoms with Crippen molar-refractivity contribution in [2.45, 2.75) is 31.7 Å². The molecule has 4 N–H and O–H groups in total. The van der Waals surface area contributed by atoms with Gasteiger partial charge in [-0.1, -0.05) is 18.6 Å². The number of nitrogens with two attached hydrogens (primary N) is 1. The van der Waals surface area contributed by atoms with Gasteiger partial charge in [-0.05, 0) is 37.0 Å². The number of amides is 1. The first-order valence-electron chi connectivity index (χ1n) is 7.37. The maximum atomic E-state index is 12.2. The van der Waals surface area contributed by atoms with Gasteiger partial charge in [0.1, 0.15) is 0 Å². The standard InChI is InChI=1S/C16H20N4O/c17-13-3-1-2-12(8-13)16(21)20-14-6-4-11(5-7-14)15-9-18-10-19-15/h4-7,9-10,12-13H,1-3,8,17H2,(H,18,19)(H,20,21). The van der Waals surface area contributed by atoms with E-state index in [4.69, 9.17) is 5.73 Å². The van der Waals surface area contributed by atoms with Gasteiger partial charge in [-0.15, -0.1) is 0 Å². The Morgan fingerprint density at radius 3 is 2.76 bits per heavy atom. The molecule has 1 aromatic carbocycles. The average molecular weight is 284 g/mol. The van der Waals surface area contributed by atoms with Crippen molar-refractivity contribution >= 4 is 11.6 Å². The van der Waals surface area contributed by atoms with Crippen molar-refractivity contribution in [3.8, 4) is 11.3 Å². The summed E-state index contributed by atoms with van der Waals surface area (Å²) >= 11 is 0. The summed E-state index contributed by atoms with van der Waals surface area (Å²) in [6, 6.07) is 7.93. The largest absolute Gasteiger partial charge is 0.345 e. The van der Waals surface area contributed by atoms with Crippen LogP contribution in [0.1, 0.15) is 25.7 Å². The molecule has 2 unspecified atom stereocenters. The van der Waals surface area contributed by atoms with Gasteiger partial charge in [0.15, 0.2) is 0 Å². The van der Waals surface area contributed by atoms with Crippen LogP contribution in [0.5, 0.6) is 0 Å². The molecule has 3 rings (SSSR count). The summed E-state index contributed by atoms with van der Waals surface area (Å²) in [6.07, 6.45) is 7.22. The van der Waals surface area contributed by atoms with Gasteiger partial charge >= 0.3 is 0 Å². The molecule has 2 aromatic rings. The van der Waals surface area contributed by atoms with Crippen LogP contribution >= 0.6 is 0 Å². The predicted molar refractivity (Wildman–Crippen MR) is 82.6 cm³/mol. The van der Waals surface area contributed by atoms with Crippen molar-refractivity contribution in [2.24, 2.45) is 11.7 Å². The lowest BCUT2D eigenvalue weighted by Gasteiger charge is -2.25. The highest BCUT2D eigenvalue weighted by Crippen LogP contribution is 2.25. The van der Waals surface area contributed by atoms with Crippen molar-refractivity contribution in [1.29, 1.82) is 0 Å². The van der Waals surface area contributed by atoms with Crippen molar-refractivity contribution in [3.63, 3.8) is 0 Å². The normalized spacial score (nSPS) is 22.0. The maximum Gasteiger partial charge on any atom is 0.227 e. The monoisotopic (exact) mass is 284 g/mol. The summed E-state index contributed by atoms with van der Waals surface area (Å²) in [5, 5.41) is 2.98. The molecule has 21 heavy (non-hydrogen) atoms. The first-order valence-corrected chi connectivity index (χ1v) is 7.37. The molecule has 1 saturated carbocycles. The number of H-pyrrole nitrogens is 1. The van der Waals surface area contributed by atoms with E-state index in [-0.39, 0.29) is 17.9 Å². The van der Waals surface area contributed by atoms with E-state index in [1.54, 1.807) is 12.5 Å². The number of hydrogen-bond acceptors (Lipinski definition) is 3. The number of aromatic amines is 1. The third-order valence-electron chi connectivity index (χ3n) is 4.05. The Balaban J connectivity index is 1.63. The molecule has 1 heterocycles. The first-order chi connectivity index (χ1) is 10.2. The molecule has 5 heteroatoms. The van der Waals surface area contributed by atoms with Crippen LogP contribution in [0.4, 0.5) is 5.69 Å². The zero-order valence-corrected chi connectivity index (χ0v) is 11.9. The SMILES string of the molecule is NC1CCCC(C(=O)Nc2ccc(-c3cnc[nH]3)cc2)C1. The fourth-order valence-corrected chi connectivity index (χ4v) is 2.86. The Bertz CT molecular complexity index is 591. The van der Waals surface area contributed by atoms with Crippen molar-refractivity contribution in [2.75, 3.05) is 5.32 Å². The second-order valence-corrected chi connectivity index (χ2v) is 5.66. The summed E-state index contributed by atoms with van der Waals surface area (Å²) in [4.78, 5) is 19.3. The lowest BCUT2D eigenvalue weighted by Crippen LogP contribution is -2.34. The van der Waals surface area contributed by atoms with Gasteiger partial charge in [-0.3, -0.25) is 4.79 Å². The zero-order chi connectivity index (χ0) is 14.7. The molecule has 1 amide bonds. The number of nitrogens with one attached hydrogen (secondary N) is 2. The Hall–Kier alpha value is -2.14. The number of carbonyl (C=O) groups is 1. The zero-order valence-electron chi connectivity index (χ0n) is 11.9. The molecular weight excluding hydrogens is 264 g/mol. The van der Waals surface area contributed by atoms with E-state index in [9.17, 15) is 4.79 Å². The topological polar surface area (TPSA) is 83.8 Å². The molecular formula is C16H20N4O. The summed E-state index contributed by atoms with van der Waals surface area (Å²) in [6.45, 7) is 0. The lowest BCUT2D eigenvalue weighted by molar-refractivity contribution is -0.120. The van der Waals surface area contributed by atoms with Crippen LogP contribution in [-0.4, -0.2) is 21.9 Å². The molecule has 1 aliphatic rings.